The lowest BCUT2D eigenvalue weighted by atomic mass is 10.1. The Morgan fingerprint density at radius 1 is 1.19 bits per heavy atom. The summed E-state index contributed by atoms with van der Waals surface area (Å²) in [6.45, 7) is 2.07. The molecule has 1 saturated heterocycles. The van der Waals surface area contributed by atoms with Gasteiger partial charge in [0.2, 0.25) is 0 Å². The summed E-state index contributed by atoms with van der Waals surface area (Å²) < 4.78 is 24.2. The zero-order chi connectivity index (χ0) is 18.3. The van der Waals surface area contributed by atoms with Crippen LogP contribution in [-0.2, 0) is 15.6 Å². The highest BCUT2D eigenvalue weighted by Crippen LogP contribution is 2.36. The average molecular weight is 407 g/mol. The fraction of sp³-hybridized carbons (Fsp3) is 0.316. The number of amidine groups is 1. The van der Waals surface area contributed by atoms with Crippen LogP contribution in [-0.4, -0.2) is 37.2 Å². The number of thioether (sulfide) groups is 1. The number of nitrogens with zero attached hydrogens (tertiary/aromatic N) is 2. The Kier molecular flexibility index (Phi) is 4.75. The Labute approximate surface area is 163 Å². The fourth-order valence-electron chi connectivity index (χ4n) is 3.39. The number of hydrogen-bond acceptors (Lipinski definition) is 5. The molecule has 1 fully saturated rings. The zero-order valence-corrected chi connectivity index (χ0v) is 16.7. The molecule has 0 saturated carbocycles. The minimum Gasteiger partial charge on any atom is -0.315 e. The van der Waals surface area contributed by atoms with Gasteiger partial charge in [-0.2, -0.15) is 0 Å². The predicted molar refractivity (Wildman–Crippen MR) is 110 cm³/mol. The molecule has 2 aliphatic heterocycles. The van der Waals surface area contributed by atoms with Crippen molar-refractivity contribution in [3.63, 3.8) is 0 Å². The number of benzene rings is 2. The minimum absolute atomic E-state index is 0.128. The summed E-state index contributed by atoms with van der Waals surface area (Å²) in [6, 6.07) is 15.6. The lowest BCUT2D eigenvalue weighted by Gasteiger charge is -2.26. The van der Waals surface area contributed by atoms with Crippen molar-refractivity contribution in [1.82, 2.24) is 0 Å². The van der Waals surface area contributed by atoms with E-state index in [1.165, 1.54) is 11.1 Å². The van der Waals surface area contributed by atoms with E-state index in [4.69, 9.17) is 16.6 Å². The van der Waals surface area contributed by atoms with Gasteiger partial charge in [-0.1, -0.05) is 59.3 Å². The van der Waals surface area contributed by atoms with Crippen molar-refractivity contribution in [2.45, 2.75) is 24.8 Å². The Balaban J connectivity index is 1.61. The Morgan fingerprint density at radius 3 is 2.69 bits per heavy atom. The number of halogens is 1. The van der Waals surface area contributed by atoms with Crippen LogP contribution in [0.15, 0.2) is 53.5 Å². The van der Waals surface area contributed by atoms with E-state index in [0.717, 1.165) is 16.6 Å². The first kappa shape index (κ1) is 17.9. The maximum atomic E-state index is 12.1. The van der Waals surface area contributed by atoms with Crippen molar-refractivity contribution in [3.8, 4) is 0 Å². The van der Waals surface area contributed by atoms with E-state index in [9.17, 15) is 8.42 Å². The Morgan fingerprint density at radius 2 is 1.96 bits per heavy atom. The normalized spacial score (nSPS) is 23.8. The summed E-state index contributed by atoms with van der Waals surface area (Å²) in [5.74, 6) is 1.06. The molecule has 26 heavy (non-hydrogen) atoms. The molecule has 2 aromatic carbocycles. The Hall–Kier alpha value is -1.50. The summed E-state index contributed by atoms with van der Waals surface area (Å²) in [5.41, 5.74) is 3.36. The van der Waals surface area contributed by atoms with E-state index in [0.29, 0.717) is 5.02 Å². The van der Waals surface area contributed by atoms with Crippen molar-refractivity contribution in [2.75, 3.05) is 16.4 Å². The first-order chi connectivity index (χ1) is 12.4. The summed E-state index contributed by atoms with van der Waals surface area (Å²) in [7, 11) is -3.04. The molecule has 2 heterocycles. The quantitative estimate of drug-likeness (QED) is 0.775. The highest BCUT2D eigenvalue weighted by molar-refractivity contribution is 8.13. The monoisotopic (exact) mass is 406 g/mol. The topological polar surface area (TPSA) is 49.7 Å². The molecule has 0 amide bonds. The smallest absolute Gasteiger partial charge is 0.164 e. The first-order valence-corrected chi connectivity index (χ1v) is 11.6. The van der Waals surface area contributed by atoms with Gasteiger partial charge >= 0.3 is 0 Å². The van der Waals surface area contributed by atoms with Gasteiger partial charge in [0.05, 0.1) is 23.6 Å². The molecular weight excluding hydrogens is 388 g/mol. The molecule has 0 unspecified atom stereocenters. The van der Waals surface area contributed by atoms with E-state index in [1.807, 2.05) is 24.3 Å². The van der Waals surface area contributed by atoms with Crippen LogP contribution in [0.3, 0.4) is 0 Å². The van der Waals surface area contributed by atoms with Crippen molar-refractivity contribution in [3.05, 3.63) is 64.7 Å². The largest absolute Gasteiger partial charge is 0.315 e. The van der Waals surface area contributed by atoms with E-state index in [2.05, 4.69) is 36.1 Å². The maximum Gasteiger partial charge on any atom is 0.164 e. The van der Waals surface area contributed by atoms with Gasteiger partial charge in [0.25, 0.3) is 0 Å². The summed E-state index contributed by atoms with van der Waals surface area (Å²) in [5, 5.41) is 1.51. The van der Waals surface area contributed by atoms with E-state index in [1.54, 1.807) is 11.8 Å². The fourth-order valence-corrected chi connectivity index (χ4v) is 6.50. The highest BCUT2D eigenvalue weighted by atomic mass is 35.5. The summed E-state index contributed by atoms with van der Waals surface area (Å²) in [4.78, 5) is 6.80. The molecule has 2 aliphatic rings. The van der Waals surface area contributed by atoms with Crippen LogP contribution in [0.1, 0.15) is 11.1 Å². The van der Waals surface area contributed by atoms with Crippen molar-refractivity contribution >= 4 is 44.1 Å². The number of aryl methyl sites for hydroxylation is 1. The first-order valence-electron chi connectivity index (χ1n) is 8.43. The van der Waals surface area contributed by atoms with Gasteiger partial charge in [0, 0.05) is 16.5 Å². The van der Waals surface area contributed by atoms with E-state index >= 15 is 0 Å². The number of rotatable bonds is 3. The van der Waals surface area contributed by atoms with Crippen LogP contribution in [0.25, 0.3) is 0 Å². The molecule has 4 nitrogen and oxygen atoms in total. The van der Waals surface area contributed by atoms with Crippen LogP contribution in [0.2, 0.25) is 5.02 Å². The second-order valence-electron chi connectivity index (χ2n) is 6.75. The van der Waals surface area contributed by atoms with Crippen molar-refractivity contribution < 1.29 is 8.42 Å². The van der Waals surface area contributed by atoms with Crippen molar-refractivity contribution in [1.29, 1.82) is 0 Å². The zero-order valence-electron chi connectivity index (χ0n) is 14.3. The third kappa shape index (κ3) is 3.63. The molecule has 136 valence electrons. The van der Waals surface area contributed by atoms with Gasteiger partial charge < -0.3 is 4.90 Å². The standard InChI is InChI=1S/C19H19ClN2O2S2/c1-13-5-7-14(8-6-13)10-25-19-21-17-11-26(23,24)12-18(17)22(19)16-4-2-3-15(20)9-16/h2-9,17-18H,10-12H2,1H3/t17-,18-/m1/s1. The highest BCUT2D eigenvalue weighted by Gasteiger charge is 2.47. The number of aliphatic imine (C=N–C) groups is 1. The molecule has 4 rings (SSSR count). The number of fused-ring (bicyclic) bond motifs is 1. The number of sulfone groups is 1. The van der Waals surface area contributed by atoms with Gasteiger partial charge in [-0.15, -0.1) is 0 Å². The van der Waals surface area contributed by atoms with Crippen LogP contribution in [0.4, 0.5) is 5.69 Å². The molecule has 0 spiro atoms. The van der Waals surface area contributed by atoms with Crippen LogP contribution in [0, 0.1) is 6.92 Å². The number of hydrogen-bond donors (Lipinski definition) is 0. The Bertz CT molecular complexity index is 958. The molecule has 2 atom stereocenters. The molecule has 0 N–H and O–H groups in total. The van der Waals surface area contributed by atoms with Gasteiger partial charge in [-0.25, -0.2) is 8.42 Å². The molecular formula is C19H19ClN2O2S2. The molecule has 0 aliphatic carbocycles. The maximum absolute atomic E-state index is 12.1. The van der Waals surface area contributed by atoms with Gasteiger partial charge in [0.15, 0.2) is 15.0 Å². The van der Waals surface area contributed by atoms with Gasteiger partial charge in [0.1, 0.15) is 0 Å². The van der Waals surface area contributed by atoms with Crippen LogP contribution < -0.4 is 4.90 Å². The van der Waals surface area contributed by atoms with Crippen LogP contribution in [0.5, 0.6) is 0 Å². The molecule has 0 bridgehead atoms. The third-order valence-corrected chi connectivity index (χ3v) is 7.65. The lowest BCUT2D eigenvalue weighted by Crippen LogP contribution is -2.39. The number of anilines is 1. The second kappa shape index (κ2) is 6.91. The SMILES string of the molecule is Cc1ccc(CSC2=N[C@@H]3CS(=O)(=O)C[C@H]3N2c2cccc(Cl)c2)cc1. The van der Waals surface area contributed by atoms with Crippen molar-refractivity contribution in [2.24, 2.45) is 4.99 Å². The second-order valence-corrected chi connectivity index (χ2v) is 10.3. The van der Waals surface area contributed by atoms with E-state index in [-0.39, 0.29) is 23.6 Å². The summed E-state index contributed by atoms with van der Waals surface area (Å²) in [6.07, 6.45) is 0. The predicted octanol–water partition coefficient (Wildman–Crippen LogP) is 3.92. The third-order valence-electron chi connectivity index (χ3n) is 4.68. The van der Waals surface area contributed by atoms with Crippen LogP contribution >= 0.6 is 23.4 Å². The average Bonchev–Trinajstić information content (AvgIpc) is 3.05. The summed E-state index contributed by atoms with van der Waals surface area (Å²) >= 11 is 7.81. The lowest BCUT2D eigenvalue weighted by molar-refractivity contribution is 0.601. The molecule has 0 aromatic heterocycles. The minimum atomic E-state index is -3.04. The molecule has 2 aromatic rings. The van der Waals surface area contributed by atoms with Gasteiger partial charge in [-0.05, 0) is 30.7 Å². The van der Waals surface area contributed by atoms with Gasteiger partial charge in [-0.3, -0.25) is 4.99 Å². The van der Waals surface area contributed by atoms with E-state index < -0.39 is 9.84 Å². The molecule has 0 radical (unpaired) electrons. The molecule has 7 heteroatoms.